The van der Waals surface area contributed by atoms with Crippen molar-refractivity contribution >= 4 is 0 Å². The summed E-state index contributed by atoms with van der Waals surface area (Å²) < 4.78 is 11.7. The molecule has 1 aliphatic rings. The number of hydrogen-bond acceptors (Lipinski definition) is 3. The van der Waals surface area contributed by atoms with Gasteiger partial charge in [0.05, 0.1) is 19.8 Å². The molecule has 1 atom stereocenters. The molecule has 21 heavy (non-hydrogen) atoms. The Kier molecular flexibility index (Phi) is 6.68. The summed E-state index contributed by atoms with van der Waals surface area (Å²) in [5.41, 5.74) is 1.38. The number of rotatable bonds is 8. The number of hydrogen-bond donors (Lipinski definition) is 1. The fourth-order valence-electron chi connectivity index (χ4n) is 2.80. The van der Waals surface area contributed by atoms with Crippen LogP contribution in [-0.4, -0.2) is 32.9 Å². The van der Waals surface area contributed by atoms with Crippen molar-refractivity contribution < 1.29 is 9.47 Å². The van der Waals surface area contributed by atoms with Crippen LogP contribution < -0.4 is 5.32 Å². The van der Waals surface area contributed by atoms with Crippen molar-refractivity contribution in [3.05, 3.63) is 35.9 Å². The van der Waals surface area contributed by atoms with Crippen molar-refractivity contribution in [3.63, 3.8) is 0 Å². The van der Waals surface area contributed by atoms with Gasteiger partial charge in [-0.05, 0) is 30.9 Å². The van der Waals surface area contributed by atoms with Crippen molar-refractivity contribution in [2.75, 3.05) is 32.9 Å². The summed E-state index contributed by atoms with van der Waals surface area (Å²) in [4.78, 5) is 0. The van der Waals surface area contributed by atoms with E-state index in [9.17, 15) is 0 Å². The van der Waals surface area contributed by atoms with E-state index < -0.39 is 0 Å². The summed E-state index contributed by atoms with van der Waals surface area (Å²) in [6, 6.07) is 10.4. The molecule has 0 saturated carbocycles. The van der Waals surface area contributed by atoms with Crippen LogP contribution >= 0.6 is 0 Å². The lowest BCUT2D eigenvalue weighted by Crippen LogP contribution is -2.45. The Hall–Kier alpha value is -0.900. The van der Waals surface area contributed by atoms with E-state index >= 15 is 0 Å². The standard InChI is InChI=1S/C18H29NO2/c1-16(2)11-19-13-18(9-6-10-20-14-18)15-21-12-17-7-4-3-5-8-17/h3-5,7-8,16,19H,6,9-15H2,1-2H3. The first-order valence-corrected chi connectivity index (χ1v) is 8.10. The van der Waals surface area contributed by atoms with Crippen molar-refractivity contribution in [2.45, 2.75) is 33.3 Å². The molecule has 3 nitrogen and oxygen atoms in total. The quantitative estimate of drug-likeness (QED) is 0.797. The summed E-state index contributed by atoms with van der Waals surface area (Å²) in [7, 11) is 0. The Morgan fingerprint density at radius 2 is 2.10 bits per heavy atom. The Labute approximate surface area is 129 Å². The summed E-state index contributed by atoms with van der Waals surface area (Å²) in [5.74, 6) is 0.678. The normalized spacial score (nSPS) is 22.6. The minimum Gasteiger partial charge on any atom is -0.381 e. The molecule has 3 heteroatoms. The molecule has 1 aliphatic heterocycles. The van der Waals surface area contributed by atoms with E-state index in [1.807, 2.05) is 6.07 Å². The van der Waals surface area contributed by atoms with Gasteiger partial charge in [-0.2, -0.15) is 0 Å². The lowest BCUT2D eigenvalue weighted by Gasteiger charge is -2.37. The van der Waals surface area contributed by atoms with Crippen molar-refractivity contribution in [2.24, 2.45) is 11.3 Å². The van der Waals surface area contributed by atoms with Gasteiger partial charge in [-0.3, -0.25) is 0 Å². The van der Waals surface area contributed by atoms with Crippen molar-refractivity contribution in [3.8, 4) is 0 Å². The van der Waals surface area contributed by atoms with Crippen LogP contribution in [0.5, 0.6) is 0 Å². The van der Waals surface area contributed by atoms with Crippen LogP contribution in [0.2, 0.25) is 0 Å². The Morgan fingerprint density at radius 1 is 1.29 bits per heavy atom. The van der Waals surface area contributed by atoms with Gasteiger partial charge in [-0.1, -0.05) is 44.2 Å². The molecule has 1 fully saturated rings. The molecular weight excluding hydrogens is 262 g/mol. The van der Waals surface area contributed by atoms with Gasteiger partial charge in [-0.25, -0.2) is 0 Å². The van der Waals surface area contributed by atoms with Crippen molar-refractivity contribution in [1.82, 2.24) is 5.32 Å². The third-order valence-electron chi connectivity index (χ3n) is 3.98. The lowest BCUT2D eigenvalue weighted by molar-refractivity contribution is -0.0619. The second-order valence-electron chi connectivity index (χ2n) is 6.66. The predicted molar refractivity (Wildman–Crippen MR) is 86.3 cm³/mol. The monoisotopic (exact) mass is 291 g/mol. The van der Waals surface area contributed by atoms with Gasteiger partial charge in [0.2, 0.25) is 0 Å². The Bertz CT molecular complexity index is 385. The third-order valence-corrected chi connectivity index (χ3v) is 3.98. The molecule has 1 N–H and O–H groups in total. The maximum atomic E-state index is 6.00. The van der Waals surface area contributed by atoms with E-state index in [1.165, 1.54) is 12.0 Å². The highest BCUT2D eigenvalue weighted by atomic mass is 16.5. The summed E-state index contributed by atoms with van der Waals surface area (Å²) in [6.45, 7) is 9.68. The SMILES string of the molecule is CC(C)CNCC1(COCc2ccccc2)CCCOC1. The summed E-state index contributed by atoms with van der Waals surface area (Å²) in [6.07, 6.45) is 2.32. The van der Waals surface area contributed by atoms with E-state index in [2.05, 4.69) is 43.4 Å². The van der Waals surface area contributed by atoms with Gasteiger partial charge in [0.1, 0.15) is 0 Å². The minimum absolute atomic E-state index is 0.141. The van der Waals surface area contributed by atoms with Gasteiger partial charge >= 0.3 is 0 Å². The average Bonchev–Trinajstić information content (AvgIpc) is 2.49. The van der Waals surface area contributed by atoms with Crippen LogP contribution in [0, 0.1) is 11.3 Å². The highest BCUT2D eigenvalue weighted by Gasteiger charge is 2.33. The molecule has 0 aliphatic carbocycles. The average molecular weight is 291 g/mol. The zero-order valence-corrected chi connectivity index (χ0v) is 13.4. The zero-order valence-electron chi connectivity index (χ0n) is 13.4. The molecule has 1 heterocycles. The van der Waals surface area contributed by atoms with Crippen LogP contribution in [0.25, 0.3) is 0 Å². The van der Waals surface area contributed by atoms with Crippen LogP contribution in [0.4, 0.5) is 0 Å². The molecule has 1 unspecified atom stereocenters. The Morgan fingerprint density at radius 3 is 2.76 bits per heavy atom. The Balaban J connectivity index is 1.81. The van der Waals surface area contributed by atoms with Gasteiger partial charge in [-0.15, -0.1) is 0 Å². The maximum Gasteiger partial charge on any atom is 0.0717 e. The van der Waals surface area contributed by atoms with E-state index in [0.29, 0.717) is 12.5 Å². The molecule has 0 radical (unpaired) electrons. The molecule has 1 aromatic carbocycles. The molecule has 0 spiro atoms. The highest BCUT2D eigenvalue weighted by Crippen LogP contribution is 2.28. The number of nitrogens with one attached hydrogen (secondary N) is 1. The van der Waals surface area contributed by atoms with Gasteiger partial charge in [0.25, 0.3) is 0 Å². The zero-order chi connectivity index (χ0) is 15.0. The van der Waals surface area contributed by atoms with Crippen LogP contribution in [0.1, 0.15) is 32.3 Å². The molecule has 2 rings (SSSR count). The van der Waals surface area contributed by atoms with Gasteiger partial charge in [0.15, 0.2) is 0 Å². The van der Waals surface area contributed by atoms with Crippen LogP contribution in [-0.2, 0) is 16.1 Å². The number of benzene rings is 1. The predicted octanol–water partition coefficient (Wildman–Crippen LogP) is 3.25. The highest BCUT2D eigenvalue weighted by molar-refractivity contribution is 5.13. The van der Waals surface area contributed by atoms with Gasteiger partial charge < -0.3 is 14.8 Å². The first-order chi connectivity index (χ1) is 10.2. The third kappa shape index (κ3) is 5.77. The molecule has 0 bridgehead atoms. The van der Waals surface area contributed by atoms with Crippen LogP contribution in [0.15, 0.2) is 30.3 Å². The summed E-state index contributed by atoms with van der Waals surface area (Å²) in [5, 5.41) is 3.58. The molecule has 1 saturated heterocycles. The second-order valence-corrected chi connectivity index (χ2v) is 6.66. The lowest BCUT2D eigenvalue weighted by atomic mass is 9.83. The second kappa shape index (κ2) is 8.52. The van der Waals surface area contributed by atoms with E-state index in [0.717, 1.165) is 39.3 Å². The maximum absolute atomic E-state index is 6.00. The van der Waals surface area contributed by atoms with E-state index in [-0.39, 0.29) is 5.41 Å². The minimum atomic E-state index is 0.141. The van der Waals surface area contributed by atoms with E-state index in [1.54, 1.807) is 0 Å². The first kappa shape index (κ1) is 16.5. The molecule has 118 valence electrons. The smallest absolute Gasteiger partial charge is 0.0717 e. The van der Waals surface area contributed by atoms with Crippen molar-refractivity contribution in [1.29, 1.82) is 0 Å². The molecule has 0 aromatic heterocycles. The summed E-state index contributed by atoms with van der Waals surface area (Å²) >= 11 is 0. The number of ether oxygens (including phenoxy) is 2. The molecule has 1 aromatic rings. The van der Waals surface area contributed by atoms with E-state index in [4.69, 9.17) is 9.47 Å². The van der Waals surface area contributed by atoms with Gasteiger partial charge in [0, 0.05) is 18.6 Å². The molecular formula is C18H29NO2. The topological polar surface area (TPSA) is 30.5 Å². The fourth-order valence-corrected chi connectivity index (χ4v) is 2.80. The first-order valence-electron chi connectivity index (χ1n) is 8.10. The molecule has 0 amide bonds. The van der Waals surface area contributed by atoms with Crippen LogP contribution in [0.3, 0.4) is 0 Å². The fraction of sp³-hybridized carbons (Fsp3) is 0.667. The largest absolute Gasteiger partial charge is 0.381 e.